The summed E-state index contributed by atoms with van der Waals surface area (Å²) in [5, 5.41) is 12.2. The third-order valence-electron chi connectivity index (χ3n) is 3.91. The topological polar surface area (TPSA) is 58.6 Å². The van der Waals surface area contributed by atoms with Gasteiger partial charge in [0.25, 0.3) is 0 Å². The number of aliphatic hydroxyl groups excluding tert-OH is 1. The molecule has 1 saturated carbocycles. The van der Waals surface area contributed by atoms with Crippen LogP contribution in [0.15, 0.2) is 30.3 Å². The Hall–Kier alpha value is -1.39. The third-order valence-corrected chi connectivity index (χ3v) is 3.91. The van der Waals surface area contributed by atoms with Gasteiger partial charge in [-0.2, -0.15) is 0 Å². The van der Waals surface area contributed by atoms with E-state index in [4.69, 9.17) is 4.74 Å². The van der Waals surface area contributed by atoms with Crippen LogP contribution in [0.4, 0.5) is 0 Å². The van der Waals surface area contributed by atoms with E-state index in [0.717, 1.165) is 18.4 Å². The van der Waals surface area contributed by atoms with Gasteiger partial charge in [-0.15, -0.1) is 0 Å². The number of hydrogen-bond acceptors (Lipinski definition) is 3. The number of aliphatic hydroxyl groups is 1. The van der Waals surface area contributed by atoms with Gasteiger partial charge in [-0.05, 0) is 24.8 Å². The minimum atomic E-state index is -0.255. The van der Waals surface area contributed by atoms with Crippen molar-refractivity contribution < 1.29 is 14.6 Å². The molecule has 0 aliphatic heterocycles. The number of amides is 1. The average Bonchev–Trinajstić information content (AvgIpc) is 2.54. The summed E-state index contributed by atoms with van der Waals surface area (Å²) in [6, 6.07) is 9.60. The molecular formula is C17H25NO3. The van der Waals surface area contributed by atoms with Crippen molar-refractivity contribution in [1.82, 2.24) is 5.32 Å². The number of nitrogens with one attached hydrogen (secondary N) is 1. The SMILES string of the molecule is O=C(COC1CCCCC1)NC(CO)Cc1ccccc1. The van der Waals surface area contributed by atoms with E-state index in [1.807, 2.05) is 30.3 Å². The fourth-order valence-electron chi connectivity index (χ4n) is 2.75. The van der Waals surface area contributed by atoms with Crippen LogP contribution < -0.4 is 5.32 Å². The molecule has 1 atom stereocenters. The highest BCUT2D eigenvalue weighted by molar-refractivity contribution is 5.77. The number of hydrogen-bond donors (Lipinski definition) is 2. The van der Waals surface area contributed by atoms with E-state index in [9.17, 15) is 9.90 Å². The summed E-state index contributed by atoms with van der Waals surface area (Å²) in [4.78, 5) is 11.9. The molecule has 0 bridgehead atoms. The molecule has 1 fully saturated rings. The van der Waals surface area contributed by atoms with Gasteiger partial charge in [0.2, 0.25) is 5.91 Å². The van der Waals surface area contributed by atoms with Crippen molar-refractivity contribution in [2.45, 2.75) is 50.7 Å². The third kappa shape index (κ3) is 5.86. The molecule has 1 aromatic rings. The van der Waals surface area contributed by atoms with E-state index in [0.29, 0.717) is 6.42 Å². The lowest BCUT2D eigenvalue weighted by Crippen LogP contribution is -2.41. The molecule has 1 aromatic carbocycles. The van der Waals surface area contributed by atoms with Crippen molar-refractivity contribution in [2.75, 3.05) is 13.2 Å². The van der Waals surface area contributed by atoms with Crippen LogP contribution in [0.3, 0.4) is 0 Å². The van der Waals surface area contributed by atoms with Crippen molar-refractivity contribution in [1.29, 1.82) is 0 Å². The Morgan fingerprint density at radius 3 is 2.62 bits per heavy atom. The fraction of sp³-hybridized carbons (Fsp3) is 0.588. The van der Waals surface area contributed by atoms with Crippen LogP contribution in [0.1, 0.15) is 37.7 Å². The summed E-state index contributed by atoms with van der Waals surface area (Å²) >= 11 is 0. The summed E-state index contributed by atoms with van der Waals surface area (Å²) in [5.41, 5.74) is 1.10. The molecule has 0 spiro atoms. The zero-order valence-electron chi connectivity index (χ0n) is 12.5. The smallest absolute Gasteiger partial charge is 0.246 e. The van der Waals surface area contributed by atoms with Crippen molar-refractivity contribution in [2.24, 2.45) is 0 Å². The minimum absolute atomic E-state index is 0.0654. The van der Waals surface area contributed by atoms with Gasteiger partial charge in [0, 0.05) is 0 Å². The van der Waals surface area contributed by atoms with Gasteiger partial charge in [0.15, 0.2) is 0 Å². The molecule has 1 unspecified atom stereocenters. The number of rotatable bonds is 7. The summed E-state index contributed by atoms with van der Waals surface area (Å²) < 4.78 is 5.65. The summed E-state index contributed by atoms with van der Waals surface area (Å²) in [6.45, 7) is 0.0278. The van der Waals surface area contributed by atoms with E-state index in [-0.39, 0.29) is 31.3 Å². The maximum atomic E-state index is 11.9. The highest BCUT2D eigenvalue weighted by atomic mass is 16.5. The van der Waals surface area contributed by atoms with Gasteiger partial charge in [-0.25, -0.2) is 0 Å². The van der Waals surface area contributed by atoms with Crippen LogP contribution in [-0.2, 0) is 16.0 Å². The summed E-state index contributed by atoms with van der Waals surface area (Å²) in [6.07, 6.45) is 6.63. The Morgan fingerprint density at radius 1 is 1.24 bits per heavy atom. The number of benzene rings is 1. The van der Waals surface area contributed by atoms with Crippen molar-refractivity contribution in [3.05, 3.63) is 35.9 Å². The summed E-state index contributed by atoms with van der Waals surface area (Å²) in [5.74, 6) is -0.143. The number of carbonyl (C=O) groups excluding carboxylic acids is 1. The first-order valence-corrected chi connectivity index (χ1v) is 7.83. The molecule has 4 nitrogen and oxygen atoms in total. The van der Waals surface area contributed by atoms with Gasteiger partial charge in [0.05, 0.1) is 18.8 Å². The van der Waals surface area contributed by atoms with Crippen LogP contribution >= 0.6 is 0 Å². The molecular weight excluding hydrogens is 266 g/mol. The number of ether oxygens (including phenoxy) is 1. The van der Waals surface area contributed by atoms with Crippen molar-refractivity contribution in [3.63, 3.8) is 0 Å². The van der Waals surface area contributed by atoms with Gasteiger partial charge in [-0.1, -0.05) is 49.6 Å². The van der Waals surface area contributed by atoms with E-state index in [1.54, 1.807) is 0 Å². The molecule has 2 N–H and O–H groups in total. The Balaban J connectivity index is 1.71. The highest BCUT2D eigenvalue weighted by Crippen LogP contribution is 2.19. The van der Waals surface area contributed by atoms with Crippen LogP contribution in [0, 0.1) is 0 Å². The van der Waals surface area contributed by atoms with Crippen LogP contribution in [-0.4, -0.2) is 36.4 Å². The monoisotopic (exact) mass is 291 g/mol. The predicted molar refractivity (Wildman–Crippen MR) is 82.0 cm³/mol. The molecule has 2 rings (SSSR count). The van der Waals surface area contributed by atoms with Crippen LogP contribution in [0.2, 0.25) is 0 Å². The van der Waals surface area contributed by atoms with Gasteiger partial charge in [0.1, 0.15) is 6.61 Å². The van der Waals surface area contributed by atoms with Gasteiger partial charge in [-0.3, -0.25) is 4.79 Å². The molecule has 4 heteroatoms. The first-order valence-electron chi connectivity index (χ1n) is 7.83. The zero-order valence-corrected chi connectivity index (χ0v) is 12.5. The lowest BCUT2D eigenvalue weighted by molar-refractivity contribution is -0.129. The molecule has 0 heterocycles. The van der Waals surface area contributed by atoms with Crippen LogP contribution in [0.25, 0.3) is 0 Å². The zero-order chi connectivity index (χ0) is 14.9. The molecule has 1 aliphatic rings. The Bertz CT molecular complexity index is 415. The van der Waals surface area contributed by atoms with Gasteiger partial charge < -0.3 is 15.2 Å². The maximum Gasteiger partial charge on any atom is 0.246 e. The standard InChI is InChI=1S/C17H25NO3/c19-12-15(11-14-7-3-1-4-8-14)18-17(20)13-21-16-9-5-2-6-10-16/h1,3-4,7-8,15-16,19H,2,5-6,9-13H2,(H,18,20). The van der Waals surface area contributed by atoms with Crippen molar-refractivity contribution >= 4 is 5.91 Å². The largest absolute Gasteiger partial charge is 0.394 e. The first kappa shape index (κ1) is 16.0. The lowest BCUT2D eigenvalue weighted by atomic mass is 9.98. The second-order valence-electron chi connectivity index (χ2n) is 5.71. The lowest BCUT2D eigenvalue weighted by Gasteiger charge is -2.22. The molecule has 0 aromatic heterocycles. The Labute approximate surface area is 126 Å². The van der Waals surface area contributed by atoms with Crippen molar-refractivity contribution in [3.8, 4) is 0 Å². The molecule has 0 saturated heterocycles. The molecule has 1 aliphatic carbocycles. The Kier molecular flexibility index (Phi) is 6.70. The molecule has 21 heavy (non-hydrogen) atoms. The second-order valence-corrected chi connectivity index (χ2v) is 5.71. The van der Waals surface area contributed by atoms with Gasteiger partial charge >= 0.3 is 0 Å². The first-order chi connectivity index (χ1) is 10.3. The minimum Gasteiger partial charge on any atom is -0.394 e. The number of carbonyl (C=O) groups is 1. The maximum absolute atomic E-state index is 11.9. The molecule has 0 radical (unpaired) electrons. The Morgan fingerprint density at radius 2 is 1.95 bits per heavy atom. The molecule has 116 valence electrons. The quantitative estimate of drug-likeness (QED) is 0.808. The average molecular weight is 291 g/mol. The predicted octanol–water partition coefficient (Wildman–Crippen LogP) is 2.06. The molecule has 1 amide bonds. The van der Waals surface area contributed by atoms with Crippen LogP contribution in [0.5, 0.6) is 0 Å². The normalized spacial score (nSPS) is 17.4. The summed E-state index contributed by atoms with van der Waals surface area (Å²) in [7, 11) is 0. The van der Waals surface area contributed by atoms with E-state index >= 15 is 0 Å². The highest BCUT2D eigenvalue weighted by Gasteiger charge is 2.17. The second kappa shape index (κ2) is 8.80. The van der Waals surface area contributed by atoms with E-state index in [1.165, 1.54) is 19.3 Å². The van der Waals surface area contributed by atoms with E-state index < -0.39 is 0 Å². The van der Waals surface area contributed by atoms with E-state index in [2.05, 4.69) is 5.32 Å². The fourth-order valence-corrected chi connectivity index (χ4v) is 2.75.